The minimum absolute atomic E-state index is 0.0356. The van der Waals surface area contributed by atoms with E-state index in [9.17, 15) is 8.42 Å². The summed E-state index contributed by atoms with van der Waals surface area (Å²) in [6.45, 7) is 2.24. The van der Waals surface area contributed by atoms with E-state index in [1.807, 2.05) is 6.92 Å². The standard InChI is InChI=1S/C10H15ClN2O2S/c1-9(11)5-7-13(2)16(14,15)10-4-3-6-12-8-10/h3-4,6,8-9H,5,7H2,1-2H3. The average molecular weight is 263 g/mol. The van der Waals surface area contributed by atoms with Crippen molar-refractivity contribution in [3.63, 3.8) is 0 Å². The van der Waals surface area contributed by atoms with Gasteiger partial charge >= 0.3 is 0 Å². The highest BCUT2D eigenvalue weighted by atomic mass is 35.5. The fraction of sp³-hybridized carbons (Fsp3) is 0.500. The lowest BCUT2D eigenvalue weighted by Crippen LogP contribution is -2.29. The maximum atomic E-state index is 12.0. The molecule has 0 aliphatic rings. The van der Waals surface area contributed by atoms with E-state index in [-0.39, 0.29) is 10.3 Å². The molecule has 0 aliphatic carbocycles. The molecule has 0 radical (unpaired) electrons. The Balaban J connectivity index is 2.79. The third-order valence-electron chi connectivity index (χ3n) is 2.18. The molecule has 0 bridgehead atoms. The Morgan fingerprint density at radius 3 is 2.75 bits per heavy atom. The van der Waals surface area contributed by atoms with Gasteiger partial charge in [-0.25, -0.2) is 12.7 Å². The summed E-state index contributed by atoms with van der Waals surface area (Å²) in [6.07, 6.45) is 3.51. The summed E-state index contributed by atoms with van der Waals surface area (Å²) in [6, 6.07) is 3.13. The van der Waals surface area contributed by atoms with Crippen LogP contribution in [-0.4, -0.2) is 36.7 Å². The summed E-state index contributed by atoms with van der Waals surface area (Å²) in [4.78, 5) is 4.00. The van der Waals surface area contributed by atoms with Crippen LogP contribution in [0.15, 0.2) is 29.4 Å². The maximum absolute atomic E-state index is 12.0. The first-order valence-corrected chi connectivity index (χ1v) is 6.82. The molecule has 1 aromatic heterocycles. The van der Waals surface area contributed by atoms with E-state index in [4.69, 9.17) is 11.6 Å². The number of rotatable bonds is 5. The first-order valence-electron chi connectivity index (χ1n) is 4.95. The number of aromatic nitrogens is 1. The van der Waals surface area contributed by atoms with Gasteiger partial charge in [0.2, 0.25) is 10.0 Å². The zero-order valence-electron chi connectivity index (χ0n) is 9.30. The van der Waals surface area contributed by atoms with E-state index in [2.05, 4.69) is 4.98 Å². The molecule has 0 spiro atoms. The number of alkyl halides is 1. The summed E-state index contributed by atoms with van der Waals surface area (Å²) in [5, 5.41) is -0.0356. The summed E-state index contributed by atoms with van der Waals surface area (Å²) in [5.74, 6) is 0. The highest BCUT2D eigenvalue weighted by molar-refractivity contribution is 7.89. The Hall–Kier alpha value is -0.650. The first-order chi connectivity index (χ1) is 7.44. The number of pyridine rings is 1. The van der Waals surface area contributed by atoms with Crippen molar-refractivity contribution in [1.29, 1.82) is 0 Å². The van der Waals surface area contributed by atoms with E-state index in [0.29, 0.717) is 13.0 Å². The molecule has 4 nitrogen and oxygen atoms in total. The summed E-state index contributed by atoms with van der Waals surface area (Å²) in [7, 11) is -1.88. The smallest absolute Gasteiger partial charge is 0.244 e. The Kier molecular flexibility index (Phi) is 4.70. The second-order valence-corrected chi connectivity index (χ2v) is 6.37. The zero-order chi connectivity index (χ0) is 12.2. The van der Waals surface area contributed by atoms with Gasteiger partial charge < -0.3 is 0 Å². The molecule has 0 aromatic carbocycles. The van der Waals surface area contributed by atoms with Gasteiger partial charge in [-0.15, -0.1) is 11.6 Å². The quantitative estimate of drug-likeness (QED) is 0.760. The van der Waals surface area contributed by atoms with E-state index >= 15 is 0 Å². The van der Waals surface area contributed by atoms with Crippen molar-refractivity contribution in [2.75, 3.05) is 13.6 Å². The molecule has 0 saturated heterocycles. The van der Waals surface area contributed by atoms with Crippen LogP contribution in [0.25, 0.3) is 0 Å². The van der Waals surface area contributed by atoms with E-state index in [1.54, 1.807) is 19.3 Å². The molecule has 1 rings (SSSR count). The summed E-state index contributed by atoms with van der Waals surface area (Å²) < 4.78 is 25.3. The van der Waals surface area contributed by atoms with Gasteiger partial charge in [0.05, 0.1) is 0 Å². The normalized spacial score (nSPS) is 14.0. The Bertz CT molecular complexity index is 420. The van der Waals surface area contributed by atoms with Crippen LogP contribution in [0, 0.1) is 0 Å². The van der Waals surface area contributed by atoms with Crippen molar-refractivity contribution in [3.05, 3.63) is 24.5 Å². The highest BCUT2D eigenvalue weighted by Gasteiger charge is 2.20. The van der Waals surface area contributed by atoms with Gasteiger partial charge in [-0.3, -0.25) is 4.98 Å². The van der Waals surface area contributed by atoms with Gasteiger partial charge in [-0.05, 0) is 25.5 Å². The lowest BCUT2D eigenvalue weighted by molar-refractivity contribution is 0.460. The first kappa shape index (κ1) is 13.4. The molecule has 1 aromatic rings. The number of sulfonamides is 1. The van der Waals surface area contributed by atoms with E-state index in [1.165, 1.54) is 16.6 Å². The predicted molar refractivity (Wildman–Crippen MR) is 64.0 cm³/mol. The van der Waals surface area contributed by atoms with Crippen LogP contribution in [0.3, 0.4) is 0 Å². The second-order valence-electron chi connectivity index (χ2n) is 3.58. The van der Waals surface area contributed by atoms with Crippen LogP contribution >= 0.6 is 11.6 Å². The summed E-state index contributed by atoms with van der Waals surface area (Å²) in [5.41, 5.74) is 0. The van der Waals surface area contributed by atoms with Gasteiger partial charge in [0.25, 0.3) is 0 Å². The molecular weight excluding hydrogens is 248 g/mol. The molecule has 0 amide bonds. The molecule has 90 valence electrons. The van der Waals surface area contributed by atoms with Crippen molar-refractivity contribution in [3.8, 4) is 0 Å². The summed E-state index contributed by atoms with van der Waals surface area (Å²) >= 11 is 5.78. The minimum atomic E-state index is -3.42. The Labute approximate surface area is 101 Å². The van der Waals surface area contributed by atoms with E-state index in [0.717, 1.165) is 0 Å². The largest absolute Gasteiger partial charge is 0.263 e. The lowest BCUT2D eigenvalue weighted by atomic mass is 10.3. The molecule has 0 saturated carbocycles. The molecule has 0 N–H and O–H groups in total. The van der Waals surface area contributed by atoms with Gasteiger partial charge in [0.15, 0.2) is 0 Å². The van der Waals surface area contributed by atoms with Crippen LogP contribution in [0.1, 0.15) is 13.3 Å². The van der Waals surface area contributed by atoms with Gasteiger partial charge in [0, 0.05) is 31.4 Å². The van der Waals surface area contributed by atoms with Crippen molar-refractivity contribution >= 4 is 21.6 Å². The van der Waals surface area contributed by atoms with Crippen LogP contribution in [0.4, 0.5) is 0 Å². The zero-order valence-corrected chi connectivity index (χ0v) is 10.9. The SMILES string of the molecule is CC(Cl)CCN(C)S(=O)(=O)c1cccnc1. The monoisotopic (exact) mass is 262 g/mol. The van der Waals surface area contributed by atoms with Crippen molar-refractivity contribution < 1.29 is 8.42 Å². The molecular formula is C10H15ClN2O2S. The van der Waals surface area contributed by atoms with Gasteiger partial charge in [0.1, 0.15) is 4.90 Å². The molecule has 1 unspecified atom stereocenters. The van der Waals surface area contributed by atoms with Crippen molar-refractivity contribution in [2.45, 2.75) is 23.6 Å². The number of nitrogens with zero attached hydrogens (tertiary/aromatic N) is 2. The number of halogens is 1. The number of hydrogen-bond acceptors (Lipinski definition) is 3. The van der Waals surface area contributed by atoms with Crippen LogP contribution < -0.4 is 0 Å². The Morgan fingerprint density at radius 2 is 2.25 bits per heavy atom. The average Bonchev–Trinajstić information content (AvgIpc) is 2.27. The van der Waals surface area contributed by atoms with Gasteiger partial charge in [-0.2, -0.15) is 0 Å². The minimum Gasteiger partial charge on any atom is -0.263 e. The molecule has 1 heterocycles. The third kappa shape index (κ3) is 3.43. The van der Waals surface area contributed by atoms with Crippen LogP contribution in [0.5, 0.6) is 0 Å². The van der Waals surface area contributed by atoms with Crippen molar-refractivity contribution in [1.82, 2.24) is 9.29 Å². The molecule has 0 fully saturated rings. The van der Waals surface area contributed by atoms with E-state index < -0.39 is 10.0 Å². The second kappa shape index (κ2) is 5.61. The molecule has 0 aliphatic heterocycles. The molecule has 16 heavy (non-hydrogen) atoms. The van der Waals surface area contributed by atoms with Crippen LogP contribution in [0.2, 0.25) is 0 Å². The molecule has 1 atom stereocenters. The third-order valence-corrected chi connectivity index (χ3v) is 4.24. The number of hydrogen-bond donors (Lipinski definition) is 0. The van der Waals surface area contributed by atoms with Crippen molar-refractivity contribution in [2.24, 2.45) is 0 Å². The Morgan fingerprint density at radius 1 is 1.56 bits per heavy atom. The topological polar surface area (TPSA) is 50.3 Å². The fourth-order valence-corrected chi connectivity index (χ4v) is 2.41. The molecule has 6 heteroatoms. The fourth-order valence-electron chi connectivity index (χ4n) is 1.16. The van der Waals surface area contributed by atoms with Crippen LogP contribution in [-0.2, 0) is 10.0 Å². The lowest BCUT2D eigenvalue weighted by Gasteiger charge is -2.17. The highest BCUT2D eigenvalue weighted by Crippen LogP contribution is 2.13. The predicted octanol–water partition coefficient (Wildman–Crippen LogP) is 1.72. The van der Waals surface area contributed by atoms with Gasteiger partial charge in [-0.1, -0.05) is 0 Å². The maximum Gasteiger partial charge on any atom is 0.244 e.